The molecule has 33 heavy (non-hydrogen) atoms. The van der Waals surface area contributed by atoms with Crippen LogP contribution < -0.4 is 4.72 Å². The zero-order chi connectivity index (χ0) is 23.4. The van der Waals surface area contributed by atoms with Crippen molar-refractivity contribution in [2.24, 2.45) is 0 Å². The van der Waals surface area contributed by atoms with Crippen molar-refractivity contribution < 1.29 is 22.7 Å². The zero-order valence-electron chi connectivity index (χ0n) is 17.8. The lowest BCUT2D eigenvalue weighted by Gasteiger charge is -2.15. The van der Waals surface area contributed by atoms with Crippen LogP contribution in [0.1, 0.15) is 31.2 Å². The van der Waals surface area contributed by atoms with E-state index in [0.29, 0.717) is 28.0 Å². The van der Waals surface area contributed by atoms with Gasteiger partial charge in [-0.15, -0.1) is 0 Å². The van der Waals surface area contributed by atoms with Gasteiger partial charge in [0, 0.05) is 15.8 Å². The molecule has 4 aromatic rings. The van der Waals surface area contributed by atoms with Crippen molar-refractivity contribution in [3.05, 3.63) is 77.3 Å². The minimum atomic E-state index is -4.02. The van der Waals surface area contributed by atoms with Gasteiger partial charge in [0.25, 0.3) is 0 Å². The maximum absolute atomic E-state index is 12.9. The van der Waals surface area contributed by atoms with E-state index in [0.717, 1.165) is 30.2 Å². The van der Waals surface area contributed by atoms with Crippen molar-refractivity contribution >= 4 is 49.5 Å². The first-order chi connectivity index (χ1) is 15.8. The fraction of sp³-hybridized carbons (Fsp3) is 0.240. The number of carboxylic acid groups (broad SMARTS) is 1. The predicted molar refractivity (Wildman–Crippen MR) is 129 cm³/mol. The van der Waals surface area contributed by atoms with E-state index in [-0.39, 0.29) is 11.3 Å². The van der Waals surface area contributed by atoms with Gasteiger partial charge in [-0.2, -0.15) is 4.72 Å². The Kier molecular flexibility index (Phi) is 7.02. The van der Waals surface area contributed by atoms with E-state index in [9.17, 15) is 18.3 Å². The number of aliphatic carboxylic acids is 1. The highest BCUT2D eigenvalue weighted by atomic mass is 35.5. The van der Waals surface area contributed by atoms with Gasteiger partial charge in [-0.1, -0.05) is 54.8 Å². The number of benzene rings is 3. The number of rotatable bonds is 10. The molecule has 0 saturated heterocycles. The summed E-state index contributed by atoms with van der Waals surface area (Å²) in [7, 11) is -4.02. The fourth-order valence-corrected chi connectivity index (χ4v) is 5.24. The second-order valence-electron chi connectivity index (χ2n) is 7.99. The summed E-state index contributed by atoms with van der Waals surface area (Å²) in [6.45, 7) is 0. The standard InChI is InChI=1S/C25H24ClNO5S/c26-18-12-10-17(11-13-18)6-2-1-3-8-22(25(28)29)27-33(30,31)19-14-15-24-21(16-19)20-7-4-5-9-23(20)32-24/h4-5,7,9-16,22,27H,1-3,6,8H2,(H,28,29). The number of carboxylic acids is 1. The second kappa shape index (κ2) is 9.95. The molecule has 2 N–H and O–H groups in total. The van der Waals surface area contributed by atoms with Gasteiger partial charge in [0.2, 0.25) is 10.0 Å². The number of unbranched alkanes of at least 4 members (excludes halogenated alkanes) is 2. The van der Waals surface area contributed by atoms with Crippen LogP contribution in [0.25, 0.3) is 21.9 Å². The molecule has 4 rings (SSSR count). The number of para-hydroxylation sites is 1. The minimum absolute atomic E-state index is 0.00976. The van der Waals surface area contributed by atoms with Crippen LogP contribution in [0.2, 0.25) is 5.02 Å². The average molecular weight is 486 g/mol. The van der Waals surface area contributed by atoms with Crippen molar-refractivity contribution in [2.75, 3.05) is 0 Å². The fourth-order valence-electron chi connectivity index (χ4n) is 3.87. The second-order valence-corrected chi connectivity index (χ2v) is 10.1. The zero-order valence-corrected chi connectivity index (χ0v) is 19.4. The molecule has 0 fully saturated rings. The first-order valence-corrected chi connectivity index (χ1v) is 12.6. The first-order valence-electron chi connectivity index (χ1n) is 10.7. The summed E-state index contributed by atoms with van der Waals surface area (Å²) < 4.78 is 34.0. The Bertz CT molecular complexity index is 1380. The van der Waals surface area contributed by atoms with Crippen molar-refractivity contribution in [3.8, 4) is 0 Å². The molecule has 0 spiro atoms. The van der Waals surface area contributed by atoms with Crippen LogP contribution in [-0.2, 0) is 21.2 Å². The molecule has 172 valence electrons. The summed E-state index contributed by atoms with van der Waals surface area (Å²) in [5.74, 6) is -1.19. The van der Waals surface area contributed by atoms with Crippen LogP contribution in [0.15, 0.2) is 76.0 Å². The van der Waals surface area contributed by atoms with Crippen molar-refractivity contribution in [3.63, 3.8) is 0 Å². The third-order valence-corrected chi connectivity index (χ3v) is 7.35. The first kappa shape index (κ1) is 23.3. The molecule has 8 heteroatoms. The lowest BCUT2D eigenvalue weighted by molar-refractivity contribution is -0.139. The third-order valence-electron chi connectivity index (χ3n) is 5.63. The summed E-state index contributed by atoms with van der Waals surface area (Å²) >= 11 is 5.89. The molecule has 0 radical (unpaired) electrons. The summed E-state index contributed by atoms with van der Waals surface area (Å²) in [6.07, 6.45) is 3.34. The molecule has 3 aromatic carbocycles. The molecule has 1 atom stereocenters. The van der Waals surface area contributed by atoms with Gasteiger partial charge in [-0.05, 0) is 61.2 Å². The molecule has 1 unspecified atom stereocenters. The highest BCUT2D eigenvalue weighted by molar-refractivity contribution is 7.89. The average Bonchev–Trinajstić information content (AvgIpc) is 3.17. The molecule has 0 aliphatic carbocycles. The van der Waals surface area contributed by atoms with Gasteiger partial charge in [0.05, 0.1) is 4.90 Å². The topological polar surface area (TPSA) is 96.6 Å². The summed E-state index contributed by atoms with van der Waals surface area (Å²) in [5, 5.41) is 11.7. The van der Waals surface area contributed by atoms with E-state index >= 15 is 0 Å². The maximum atomic E-state index is 12.9. The molecular weight excluding hydrogens is 462 g/mol. The van der Waals surface area contributed by atoms with Crippen LogP contribution in [0, 0.1) is 0 Å². The molecule has 0 aliphatic rings. The van der Waals surface area contributed by atoms with Gasteiger partial charge in [0.1, 0.15) is 17.2 Å². The molecule has 6 nitrogen and oxygen atoms in total. The van der Waals surface area contributed by atoms with Crippen LogP contribution in [-0.4, -0.2) is 25.5 Å². The largest absolute Gasteiger partial charge is 0.480 e. The summed E-state index contributed by atoms with van der Waals surface area (Å²) in [5.41, 5.74) is 2.40. The molecule has 1 heterocycles. The maximum Gasteiger partial charge on any atom is 0.321 e. The third kappa shape index (κ3) is 5.55. The van der Waals surface area contributed by atoms with E-state index in [1.165, 1.54) is 12.1 Å². The number of halogens is 1. The molecule has 1 aromatic heterocycles. The summed E-state index contributed by atoms with van der Waals surface area (Å²) in [4.78, 5) is 11.7. The van der Waals surface area contributed by atoms with Crippen molar-refractivity contribution in [1.82, 2.24) is 4.72 Å². The predicted octanol–water partition coefficient (Wildman–Crippen LogP) is 5.77. The number of nitrogens with one attached hydrogen (secondary N) is 1. The van der Waals surface area contributed by atoms with Gasteiger partial charge in [0.15, 0.2) is 0 Å². The molecule has 0 amide bonds. The van der Waals surface area contributed by atoms with Crippen molar-refractivity contribution in [1.29, 1.82) is 0 Å². The van der Waals surface area contributed by atoms with Crippen LogP contribution in [0.4, 0.5) is 0 Å². The molecule has 0 aliphatic heterocycles. The van der Waals surface area contributed by atoms with Crippen LogP contribution >= 0.6 is 11.6 Å². The van der Waals surface area contributed by atoms with Gasteiger partial charge in [-0.25, -0.2) is 8.42 Å². The number of aryl methyl sites for hydroxylation is 1. The normalized spacial score (nSPS) is 12.9. The molecule has 0 bridgehead atoms. The lowest BCUT2D eigenvalue weighted by atomic mass is 10.0. The molecule has 0 saturated carbocycles. The quantitative estimate of drug-likeness (QED) is 0.278. The van der Waals surface area contributed by atoms with E-state index < -0.39 is 22.0 Å². The number of fused-ring (bicyclic) bond motifs is 3. The Balaban J connectivity index is 1.39. The van der Waals surface area contributed by atoms with Gasteiger partial charge < -0.3 is 9.52 Å². The van der Waals surface area contributed by atoms with Gasteiger partial charge in [-0.3, -0.25) is 4.79 Å². The SMILES string of the molecule is O=C(O)C(CCCCCc1ccc(Cl)cc1)NS(=O)(=O)c1ccc2oc3ccccc3c2c1. The Hall–Kier alpha value is -2.87. The highest BCUT2D eigenvalue weighted by Crippen LogP contribution is 2.30. The summed E-state index contributed by atoms with van der Waals surface area (Å²) in [6, 6.07) is 18.3. The Labute approximate surface area is 197 Å². The number of furan rings is 1. The highest BCUT2D eigenvalue weighted by Gasteiger charge is 2.25. The Morgan fingerprint density at radius 2 is 1.67 bits per heavy atom. The van der Waals surface area contributed by atoms with Gasteiger partial charge >= 0.3 is 5.97 Å². The Morgan fingerprint density at radius 3 is 2.42 bits per heavy atom. The lowest BCUT2D eigenvalue weighted by Crippen LogP contribution is -2.40. The van der Waals surface area contributed by atoms with Crippen LogP contribution in [0.3, 0.4) is 0 Å². The van der Waals surface area contributed by atoms with E-state index in [2.05, 4.69) is 4.72 Å². The van der Waals surface area contributed by atoms with E-state index in [1.807, 2.05) is 48.5 Å². The van der Waals surface area contributed by atoms with E-state index in [1.54, 1.807) is 6.07 Å². The molecular formula is C25H24ClNO5S. The van der Waals surface area contributed by atoms with E-state index in [4.69, 9.17) is 16.0 Å². The Morgan fingerprint density at radius 1 is 0.939 bits per heavy atom. The number of hydrogen-bond donors (Lipinski definition) is 2. The smallest absolute Gasteiger partial charge is 0.321 e. The minimum Gasteiger partial charge on any atom is -0.480 e. The number of carbonyl (C=O) groups is 1. The van der Waals surface area contributed by atoms with Crippen molar-refractivity contribution in [2.45, 2.75) is 43.0 Å². The monoisotopic (exact) mass is 485 g/mol. The number of hydrogen-bond acceptors (Lipinski definition) is 4. The van der Waals surface area contributed by atoms with Crippen LogP contribution in [0.5, 0.6) is 0 Å². The number of sulfonamides is 1.